The predicted molar refractivity (Wildman–Crippen MR) is 107 cm³/mol. The van der Waals surface area contributed by atoms with Gasteiger partial charge < -0.3 is 4.74 Å². The lowest BCUT2D eigenvalue weighted by atomic mass is 9.91. The molecule has 0 aliphatic rings. The third kappa shape index (κ3) is 6.24. The molecular formula is C19H24N4O5S. The Morgan fingerprint density at radius 2 is 1.66 bits per heavy atom. The highest BCUT2D eigenvalue weighted by molar-refractivity contribution is 7.90. The second kappa shape index (κ2) is 8.56. The average Bonchev–Trinajstić information content (AvgIpc) is 2.57. The molecular weight excluding hydrogens is 396 g/mol. The van der Waals surface area contributed by atoms with E-state index in [-0.39, 0.29) is 29.0 Å². The lowest BCUT2D eigenvalue weighted by Crippen LogP contribution is -2.35. The van der Waals surface area contributed by atoms with E-state index in [1.165, 1.54) is 18.2 Å². The summed E-state index contributed by atoms with van der Waals surface area (Å²) < 4.78 is 32.6. The smallest absolute Gasteiger partial charge is 0.335 e. The third-order valence-corrected chi connectivity index (χ3v) is 5.14. The molecule has 0 saturated heterocycles. The van der Waals surface area contributed by atoms with Crippen LogP contribution in [0.15, 0.2) is 35.2 Å². The Kier molecular flexibility index (Phi) is 6.58. The van der Waals surface area contributed by atoms with Crippen LogP contribution >= 0.6 is 0 Å². The minimum Gasteiger partial charge on any atom is -0.484 e. The van der Waals surface area contributed by atoms with Gasteiger partial charge in [-0.3, -0.25) is 10.1 Å². The van der Waals surface area contributed by atoms with Crippen LogP contribution in [0.25, 0.3) is 0 Å². The fourth-order valence-electron chi connectivity index (χ4n) is 2.24. The minimum atomic E-state index is -4.27. The summed E-state index contributed by atoms with van der Waals surface area (Å²) in [6.45, 7) is 8.37. The number of carbonyl (C=O) groups is 2. The lowest BCUT2D eigenvalue weighted by molar-refractivity contribution is -0.128. The number of amides is 2. The Bertz CT molecular complexity index is 1010. The molecule has 9 nitrogen and oxygen atoms in total. The number of aryl methyl sites for hydroxylation is 2. The number of urea groups is 1. The lowest BCUT2D eigenvalue weighted by Gasteiger charge is -2.18. The quantitative estimate of drug-likeness (QED) is 0.735. The number of hydrogen-bond acceptors (Lipinski definition) is 7. The maximum absolute atomic E-state index is 12.7. The molecule has 2 N–H and O–H groups in total. The van der Waals surface area contributed by atoms with Gasteiger partial charge in [0.15, 0.2) is 5.78 Å². The first-order valence-corrected chi connectivity index (χ1v) is 10.3. The average molecular weight is 420 g/mol. The van der Waals surface area contributed by atoms with E-state index >= 15 is 0 Å². The van der Waals surface area contributed by atoms with Crippen molar-refractivity contribution in [2.24, 2.45) is 5.41 Å². The first-order valence-electron chi connectivity index (χ1n) is 8.80. The molecule has 0 aliphatic carbocycles. The van der Waals surface area contributed by atoms with E-state index in [1.54, 1.807) is 46.8 Å². The van der Waals surface area contributed by atoms with Crippen LogP contribution in [-0.2, 0) is 14.8 Å². The van der Waals surface area contributed by atoms with Crippen molar-refractivity contribution in [1.82, 2.24) is 14.7 Å². The first-order chi connectivity index (χ1) is 13.4. The summed E-state index contributed by atoms with van der Waals surface area (Å²) in [7, 11) is -4.27. The zero-order valence-electron chi connectivity index (χ0n) is 16.9. The number of aromatic nitrogens is 2. The second-order valence-corrected chi connectivity index (χ2v) is 9.09. The molecule has 0 aliphatic heterocycles. The van der Waals surface area contributed by atoms with Gasteiger partial charge in [0.05, 0.1) is 0 Å². The highest BCUT2D eigenvalue weighted by atomic mass is 32.2. The van der Waals surface area contributed by atoms with Crippen molar-refractivity contribution in [1.29, 1.82) is 0 Å². The summed E-state index contributed by atoms with van der Waals surface area (Å²) in [6, 6.07) is 6.44. The van der Waals surface area contributed by atoms with E-state index in [0.29, 0.717) is 11.4 Å². The monoisotopic (exact) mass is 420 g/mol. The Morgan fingerprint density at radius 1 is 1.07 bits per heavy atom. The summed E-state index contributed by atoms with van der Waals surface area (Å²) in [5.41, 5.74) is 0.619. The van der Waals surface area contributed by atoms with Gasteiger partial charge in [0.1, 0.15) is 17.3 Å². The molecule has 0 radical (unpaired) electrons. The Labute approximate surface area is 170 Å². The van der Waals surface area contributed by atoms with E-state index in [4.69, 9.17) is 4.74 Å². The fraction of sp³-hybridized carbons (Fsp3) is 0.368. The van der Waals surface area contributed by atoms with Crippen molar-refractivity contribution in [3.63, 3.8) is 0 Å². The number of rotatable bonds is 6. The summed E-state index contributed by atoms with van der Waals surface area (Å²) in [4.78, 5) is 32.0. The van der Waals surface area contributed by atoms with Crippen LogP contribution in [0.3, 0.4) is 0 Å². The molecule has 0 spiro atoms. The highest BCUT2D eigenvalue weighted by Gasteiger charge is 2.25. The number of hydrogen-bond donors (Lipinski definition) is 2. The molecule has 2 rings (SSSR count). The zero-order valence-corrected chi connectivity index (χ0v) is 17.8. The molecule has 2 aromatic rings. The number of nitrogens with zero attached hydrogens (tertiary/aromatic N) is 2. The molecule has 0 atom stereocenters. The maximum Gasteiger partial charge on any atom is 0.335 e. The van der Waals surface area contributed by atoms with E-state index < -0.39 is 21.5 Å². The number of para-hydroxylation sites is 1. The zero-order chi connectivity index (χ0) is 21.8. The van der Waals surface area contributed by atoms with Crippen LogP contribution in [0.4, 0.5) is 10.7 Å². The fourth-order valence-corrected chi connectivity index (χ4v) is 3.29. The van der Waals surface area contributed by atoms with Crippen LogP contribution in [0.5, 0.6) is 5.75 Å². The molecule has 1 heterocycles. The summed E-state index contributed by atoms with van der Waals surface area (Å²) in [5.74, 6) is -0.245. The van der Waals surface area contributed by atoms with Crippen molar-refractivity contribution >= 4 is 27.8 Å². The van der Waals surface area contributed by atoms with Crippen molar-refractivity contribution in [3.8, 4) is 5.75 Å². The van der Waals surface area contributed by atoms with Crippen LogP contribution in [0.1, 0.15) is 32.2 Å². The SMILES string of the molecule is Cc1cc(C)nc(NC(=O)NS(=O)(=O)c2ccccc2OCC(=O)C(C)(C)C)n1. The van der Waals surface area contributed by atoms with Gasteiger partial charge in [-0.05, 0) is 32.0 Å². The van der Waals surface area contributed by atoms with Gasteiger partial charge in [-0.2, -0.15) is 0 Å². The van der Waals surface area contributed by atoms with Crippen LogP contribution in [-0.4, -0.2) is 36.8 Å². The van der Waals surface area contributed by atoms with Crippen molar-refractivity contribution in [2.75, 3.05) is 11.9 Å². The number of sulfonamides is 1. The Balaban J connectivity index is 2.16. The number of Topliss-reactive ketones (excluding diaryl/α,β-unsaturated/α-hetero) is 1. The molecule has 156 valence electrons. The van der Waals surface area contributed by atoms with Crippen LogP contribution < -0.4 is 14.8 Å². The summed E-state index contributed by atoms with van der Waals surface area (Å²) in [6.07, 6.45) is 0. The predicted octanol–water partition coefficient (Wildman–Crippen LogP) is 2.60. The normalized spacial score (nSPS) is 11.6. The van der Waals surface area contributed by atoms with E-state index in [1.807, 2.05) is 4.72 Å². The number of ether oxygens (including phenoxy) is 1. The molecule has 0 bridgehead atoms. The summed E-state index contributed by atoms with van der Waals surface area (Å²) >= 11 is 0. The topological polar surface area (TPSA) is 127 Å². The minimum absolute atomic E-state index is 0.0180. The van der Waals surface area contributed by atoms with Crippen LogP contribution in [0, 0.1) is 19.3 Å². The number of carbonyl (C=O) groups excluding carboxylic acids is 2. The van der Waals surface area contributed by atoms with Gasteiger partial charge in [0, 0.05) is 16.8 Å². The standard InChI is InChI=1S/C19H24N4O5S/c1-12-10-13(2)21-17(20-12)22-18(25)23-29(26,27)15-9-7-6-8-14(15)28-11-16(24)19(3,4)5/h6-10H,11H2,1-5H3,(H2,20,21,22,23,25). The molecule has 10 heteroatoms. The van der Waals surface area contributed by atoms with Gasteiger partial charge in [0.2, 0.25) is 5.95 Å². The van der Waals surface area contributed by atoms with Gasteiger partial charge in [-0.25, -0.2) is 27.9 Å². The van der Waals surface area contributed by atoms with Crippen LogP contribution in [0.2, 0.25) is 0 Å². The van der Waals surface area contributed by atoms with Gasteiger partial charge in [-0.1, -0.05) is 32.9 Å². The van der Waals surface area contributed by atoms with Crippen molar-refractivity contribution in [3.05, 3.63) is 41.7 Å². The largest absolute Gasteiger partial charge is 0.484 e. The number of ketones is 1. The van der Waals surface area contributed by atoms with Crippen molar-refractivity contribution < 1.29 is 22.7 Å². The Morgan fingerprint density at radius 3 is 2.24 bits per heavy atom. The van der Waals surface area contributed by atoms with E-state index in [0.717, 1.165) is 0 Å². The third-order valence-electron chi connectivity index (χ3n) is 3.77. The molecule has 2 amide bonds. The summed E-state index contributed by atoms with van der Waals surface area (Å²) in [5, 5.41) is 2.29. The molecule has 0 saturated carbocycles. The molecule has 1 aromatic heterocycles. The second-order valence-electron chi connectivity index (χ2n) is 7.44. The van der Waals surface area contributed by atoms with Gasteiger partial charge in [-0.15, -0.1) is 0 Å². The van der Waals surface area contributed by atoms with E-state index in [9.17, 15) is 18.0 Å². The first kappa shape index (κ1) is 22.3. The maximum atomic E-state index is 12.7. The number of benzene rings is 1. The molecule has 29 heavy (non-hydrogen) atoms. The Hall–Kier alpha value is -3.01. The number of nitrogens with one attached hydrogen (secondary N) is 2. The molecule has 0 fully saturated rings. The van der Waals surface area contributed by atoms with Gasteiger partial charge >= 0.3 is 6.03 Å². The molecule has 0 unspecified atom stereocenters. The number of anilines is 1. The molecule has 1 aromatic carbocycles. The van der Waals surface area contributed by atoms with Crippen molar-refractivity contribution in [2.45, 2.75) is 39.5 Å². The highest BCUT2D eigenvalue weighted by Crippen LogP contribution is 2.24. The van der Waals surface area contributed by atoms with Gasteiger partial charge in [0.25, 0.3) is 10.0 Å². The van der Waals surface area contributed by atoms with E-state index in [2.05, 4.69) is 15.3 Å².